The number of carboxylic acid groups (broad SMARTS) is 1. The first kappa shape index (κ1) is 23.6. The standard InChI is InChI=1S/C30H25ClN2O3/c1-19-13-21(18-36-26-10-6-9-24(15-26)30(34)35)14-28-29(19)32-20(2)33(28)17-25-12-11-23(16-27(25)31)22-7-4-3-5-8-22/h3-16H,17-18H2,1-2H3,(H,34,35). The molecule has 180 valence electrons. The molecule has 6 heteroatoms. The van der Waals surface area contributed by atoms with Crippen LogP contribution in [-0.2, 0) is 13.2 Å². The van der Waals surface area contributed by atoms with Gasteiger partial charge in [0, 0.05) is 5.02 Å². The Labute approximate surface area is 214 Å². The average molecular weight is 497 g/mol. The quantitative estimate of drug-likeness (QED) is 0.257. The number of rotatable bonds is 7. The lowest BCUT2D eigenvalue weighted by molar-refractivity contribution is 0.0696. The fourth-order valence-electron chi connectivity index (χ4n) is 4.41. The van der Waals surface area contributed by atoms with Crippen LogP contribution < -0.4 is 4.74 Å². The minimum Gasteiger partial charge on any atom is -0.489 e. The fraction of sp³-hybridized carbons (Fsp3) is 0.133. The second-order valence-corrected chi connectivity index (χ2v) is 9.23. The van der Waals surface area contributed by atoms with E-state index in [1.165, 1.54) is 6.07 Å². The molecule has 0 unspecified atom stereocenters. The Morgan fingerprint density at radius 3 is 2.50 bits per heavy atom. The number of fused-ring (bicyclic) bond motifs is 1. The molecule has 1 N–H and O–H groups in total. The van der Waals surface area contributed by atoms with Crippen LogP contribution in [-0.4, -0.2) is 20.6 Å². The maximum absolute atomic E-state index is 11.2. The van der Waals surface area contributed by atoms with E-state index in [1.807, 2.05) is 38.1 Å². The lowest BCUT2D eigenvalue weighted by Gasteiger charge is -2.12. The molecule has 0 radical (unpaired) electrons. The number of nitrogens with zero attached hydrogens (tertiary/aromatic N) is 2. The summed E-state index contributed by atoms with van der Waals surface area (Å²) in [7, 11) is 0. The van der Waals surface area contributed by atoms with E-state index in [9.17, 15) is 9.90 Å². The van der Waals surface area contributed by atoms with E-state index >= 15 is 0 Å². The highest BCUT2D eigenvalue weighted by Gasteiger charge is 2.14. The van der Waals surface area contributed by atoms with E-state index in [1.54, 1.807) is 18.2 Å². The number of imidazole rings is 1. The SMILES string of the molecule is Cc1cc(COc2cccc(C(=O)O)c2)cc2c1nc(C)n2Cc1ccc(-c2ccccc2)cc1Cl. The summed E-state index contributed by atoms with van der Waals surface area (Å²) in [5.74, 6) is 0.443. The third-order valence-electron chi connectivity index (χ3n) is 6.27. The van der Waals surface area contributed by atoms with E-state index in [4.69, 9.17) is 21.3 Å². The number of benzene rings is 4. The van der Waals surface area contributed by atoms with Crippen molar-refractivity contribution in [3.05, 3.63) is 118 Å². The maximum atomic E-state index is 11.2. The molecule has 0 saturated carbocycles. The Hall–Kier alpha value is -4.09. The molecule has 0 aliphatic rings. The molecule has 0 saturated heterocycles. The second-order valence-electron chi connectivity index (χ2n) is 8.82. The van der Waals surface area contributed by atoms with Gasteiger partial charge in [0.15, 0.2) is 0 Å². The summed E-state index contributed by atoms with van der Waals surface area (Å²) in [6, 6.07) is 27.0. The summed E-state index contributed by atoms with van der Waals surface area (Å²) < 4.78 is 8.08. The van der Waals surface area contributed by atoms with Crippen molar-refractivity contribution in [2.45, 2.75) is 27.0 Å². The van der Waals surface area contributed by atoms with Gasteiger partial charge in [-0.05, 0) is 72.0 Å². The predicted molar refractivity (Wildman–Crippen MR) is 143 cm³/mol. The second kappa shape index (κ2) is 9.88. The zero-order chi connectivity index (χ0) is 25.2. The summed E-state index contributed by atoms with van der Waals surface area (Å²) in [5, 5.41) is 9.94. The first-order valence-corrected chi connectivity index (χ1v) is 12.0. The third-order valence-corrected chi connectivity index (χ3v) is 6.62. The van der Waals surface area contributed by atoms with E-state index in [2.05, 4.69) is 41.0 Å². The molecule has 36 heavy (non-hydrogen) atoms. The van der Waals surface area contributed by atoms with Crippen LogP contribution in [0.1, 0.15) is 32.9 Å². The minimum atomic E-state index is -0.979. The molecule has 0 spiro atoms. The lowest BCUT2D eigenvalue weighted by atomic mass is 10.0. The highest BCUT2D eigenvalue weighted by atomic mass is 35.5. The number of aromatic nitrogens is 2. The first-order valence-electron chi connectivity index (χ1n) is 11.7. The number of halogens is 1. The number of ether oxygens (including phenoxy) is 1. The highest BCUT2D eigenvalue weighted by Crippen LogP contribution is 2.29. The zero-order valence-electron chi connectivity index (χ0n) is 20.0. The van der Waals surface area contributed by atoms with Crippen molar-refractivity contribution in [3.63, 3.8) is 0 Å². The fourth-order valence-corrected chi connectivity index (χ4v) is 4.65. The van der Waals surface area contributed by atoms with Gasteiger partial charge in [0.25, 0.3) is 0 Å². The van der Waals surface area contributed by atoms with Gasteiger partial charge in [-0.1, -0.05) is 66.2 Å². The molecule has 0 bridgehead atoms. The van der Waals surface area contributed by atoms with Gasteiger partial charge in [0.05, 0.1) is 23.1 Å². The average Bonchev–Trinajstić information content (AvgIpc) is 3.20. The minimum absolute atomic E-state index is 0.197. The van der Waals surface area contributed by atoms with Gasteiger partial charge in [-0.25, -0.2) is 9.78 Å². The Kier molecular flexibility index (Phi) is 6.49. The summed E-state index contributed by atoms with van der Waals surface area (Å²) in [4.78, 5) is 16.1. The Bertz CT molecular complexity index is 1570. The number of carbonyl (C=O) groups is 1. The van der Waals surface area contributed by atoms with Crippen LogP contribution in [0.2, 0.25) is 5.02 Å². The normalized spacial score (nSPS) is 11.1. The molecule has 0 atom stereocenters. The monoisotopic (exact) mass is 496 g/mol. The Morgan fingerprint density at radius 2 is 1.75 bits per heavy atom. The van der Waals surface area contributed by atoms with Crippen molar-refractivity contribution >= 4 is 28.6 Å². The van der Waals surface area contributed by atoms with Gasteiger partial charge in [-0.2, -0.15) is 0 Å². The highest BCUT2D eigenvalue weighted by molar-refractivity contribution is 6.31. The van der Waals surface area contributed by atoms with Crippen molar-refractivity contribution in [2.75, 3.05) is 0 Å². The summed E-state index contributed by atoms with van der Waals surface area (Å²) in [6.45, 7) is 4.95. The van der Waals surface area contributed by atoms with Crippen LogP contribution in [0.25, 0.3) is 22.2 Å². The lowest BCUT2D eigenvalue weighted by Crippen LogP contribution is -2.04. The number of hydrogen-bond donors (Lipinski definition) is 1. The smallest absolute Gasteiger partial charge is 0.335 e. The summed E-state index contributed by atoms with van der Waals surface area (Å²) in [6.07, 6.45) is 0. The van der Waals surface area contributed by atoms with E-state index in [-0.39, 0.29) is 5.56 Å². The molecular weight excluding hydrogens is 472 g/mol. The summed E-state index contributed by atoms with van der Waals surface area (Å²) in [5.41, 5.74) is 7.41. The molecule has 1 heterocycles. The van der Waals surface area contributed by atoms with Crippen LogP contribution >= 0.6 is 11.6 Å². The molecule has 5 aromatic rings. The molecule has 0 fully saturated rings. The van der Waals surface area contributed by atoms with Crippen LogP contribution in [0.15, 0.2) is 84.9 Å². The van der Waals surface area contributed by atoms with E-state index in [0.29, 0.717) is 23.9 Å². The molecule has 0 amide bonds. The van der Waals surface area contributed by atoms with Gasteiger partial charge in [0.1, 0.15) is 18.2 Å². The predicted octanol–water partition coefficient (Wildman–Crippen LogP) is 7.30. The van der Waals surface area contributed by atoms with Crippen LogP contribution in [0, 0.1) is 13.8 Å². The number of aromatic carboxylic acids is 1. The van der Waals surface area contributed by atoms with Gasteiger partial charge in [-0.3, -0.25) is 0 Å². The van der Waals surface area contributed by atoms with Gasteiger partial charge >= 0.3 is 5.97 Å². The molecule has 1 aromatic heterocycles. The topological polar surface area (TPSA) is 64.3 Å². The van der Waals surface area contributed by atoms with E-state index in [0.717, 1.165) is 44.7 Å². The first-order chi connectivity index (χ1) is 17.4. The van der Waals surface area contributed by atoms with Crippen molar-refractivity contribution in [1.82, 2.24) is 9.55 Å². The largest absolute Gasteiger partial charge is 0.489 e. The van der Waals surface area contributed by atoms with E-state index < -0.39 is 5.97 Å². The molecule has 0 aliphatic carbocycles. The summed E-state index contributed by atoms with van der Waals surface area (Å²) >= 11 is 6.72. The van der Waals surface area contributed by atoms with Gasteiger partial charge in [-0.15, -0.1) is 0 Å². The van der Waals surface area contributed by atoms with Crippen molar-refractivity contribution in [3.8, 4) is 16.9 Å². The van der Waals surface area contributed by atoms with Crippen LogP contribution in [0.3, 0.4) is 0 Å². The molecule has 5 rings (SSSR count). The van der Waals surface area contributed by atoms with Crippen LogP contribution in [0.4, 0.5) is 0 Å². The Morgan fingerprint density at radius 1 is 0.944 bits per heavy atom. The number of carboxylic acids is 1. The Balaban J connectivity index is 1.43. The molecule has 5 nitrogen and oxygen atoms in total. The molecule has 4 aromatic carbocycles. The third kappa shape index (κ3) is 4.83. The van der Waals surface area contributed by atoms with Gasteiger partial charge < -0.3 is 14.4 Å². The van der Waals surface area contributed by atoms with Gasteiger partial charge in [0.2, 0.25) is 0 Å². The van der Waals surface area contributed by atoms with Crippen LogP contribution in [0.5, 0.6) is 5.75 Å². The zero-order valence-corrected chi connectivity index (χ0v) is 20.8. The van der Waals surface area contributed by atoms with Crippen molar-refractivity contribution < 1.29 is 14.6 Å². The molecule has 0 aliphatic heterocycles. The number of aryl methyl sites for hydroxylation is 2. The number of hydrogen-bond acceptors (Lipinski definition) is 3. The molecular formula is C30H25ClN2O3. The maximum Gasteiger partial charge on any atom is 0.335 e. The van der Waals surface area contributed by atoms with Crippen molar-refractivity contribution in [1.29, 1.82) is 0 Å². The van der Waals surface area contributed by atoms with Crippen molar-refractivity contribution in [2.24, 2.45) is 0 Å².